The van der Waals surface area contributed by atoms with Crippen molar-refractivity contribution in [2.75, 3.05) is 31.1 Å². The van der Waals surface area contributed by atoms with Crippen LogP contribution in [0.1, 0.15) is 24.5 Å². The molecule has 3 heterocycles. The fourth-order valence-electron chi connectivity index (χ4n) is 2.51. The van der Waals surface area contributed by atoms with Gasteiger partial charge in [0, 0.05) is 37.8 Å². The molecule has 1 fully saturated rings. The van der Waals surface area contributed by atoms with Crippen molar-refractivity contribution in [2.45, 2.75) is 19.9 Å². The molecule has 1 saturated heterocycles. The lowest BCUT2D eigenvalue weighted by Crippen LogP contribution is -2.52. The number of anilines is 1. The maximum absolute atomic E-state index is 12.3. The van der Waals surface area contributed by atoms with Gasteiger partial charge in [0.25, 0.3) is 0 Å². The van der Waals surface area contributed by atoms with Gasteiger partial charge in [-0.15, -0.1) is 11.3 Å². The van der Waals surface area contributed by atoms with Gasteiger partial charge in [-0.05, 0) is 26.0 Å². The zero-order valence-electron chi connectivity index (χ0n) is 12.8. The molecular weight excluding hydrogens is 300 g/mol. The Kier molecular flexibility index (Phi) is 4.33. The van der Waals surface area contributed by atoms with Crippen molar-refractivity contribution >= 4 is 22.5 Å². The molecule has 1 aliphatic heterocycles. The number of nitrogens with one attached hydrogen (secondary N) is 1. The summed E-state index contributed by atoms with van der Waals surface area (Å²) in [6.07, 6.45) is 1.81. The third-order valence-electron chi connectivity index (χ3n) is 3.78. The van der Waals surface area contributed by atoms with Crippen molar-refractivity contribution in [3.05, 3.63) is 35.2 Å². The van der Waals surface area contributed by atoms with E-state index in [1.54, 1.807) is 11.3 Å². The van der Waals surface area contributed by atoms with Crippen LogP contribution in [0.3, 0.4) is 0 Å². The highest BCUT2D eigenvalue weighted by atomic mass is 32.1. The van der Waals surface area contributed by atoms with E-state index >= 15 is 0 Å². The van der Waals surface area contributed by atoms with E-state index < -0.39 is 0 Å². The fourth-order valence-corrected chi connectivity index (χ4v) is 3.20. The normalized spacial score (nSPS) is 16.6. The Morgan fingerprint density at radius 2 is 2.14 bits per heavy atom. The standard InChI is InChI=1S/C15H20N4O2S/c1-11-3-4-13(21-11)12(2)17-14(20)18-6-8-19(9-7-18)15-16-5-10-22-15/h3-5,10,12H,6-9H2,1-2H3,(H,17,20)/t12-/m1/s1. The summed E-state index contributed by atoms with van der Waals surface area (Å²) in [4.78, 5) is 20.7. The van der Waals surface area contributed by atoms with Crippen LogP contribution in [0.25, 0.3) is 0 Å². The van der Waals surface area contributed by atoms with E-state index in [1.807, 2.05) is 42.5 Å². The number of hydrogen-bond acceptors (Lipinski definition) is 5. The van der Waals surface area contributed by atoms with E-state index in [9.17, 15) is 4.79 Å². The smallest absolute Gasteiger partial charge is 0.318 e. The number of urea groups is 1. The lowest BCUT2D eigenvalue weighted by molar-refractivity contribution is 0.189. The number of aryl methyl sites for hydroxylation is 1. The summed E-state index contributed by atoms with van der Waals surface area (Å²) < 4.78 is 5.55. The number of amides is 2. The van der Waals surface area contributed by atoms with Crippen LogP contribution in [0.4, 0.5) is 9.93 Å². The molecular formula is C15H20N4O2S. The third-order valence-corrected chi connectivity index (χ3v) is 4.62. The quantitative estimate of drug-likeness (QED) is 0.944. The molecule has 6 nitrogen and oxygen atoms in total. The predicted molar refractivity (Wildman–Crippen MR) is 86.3 cm³/mol. The Labute approximate surface area is 133 Å². The van der Waals surface area contributed by atoms with Crippen molar-refractivity contribution < 1.29 is 9.21 Å². The summed E-state index contributed by atoms with van der Waals surface area (Å²) in [5, 5.41) is 5.99. The molecule has 0 bridgehead atoms. The second-order valence-corrected chi connectivity index (χ2v) is 6.28. The molecule has 3 rings (SSSR count). The minimum Gasteiger partial charge on any atom is -0.464 e. The Hall–Kier alpha value is -2.02. The lowest BCUT2D eigenvalue weighted by atomic mass is 10.2. The van der Waals surface area contributed by atoms with Gasteiger partial charge in [-0.25, -0.2) is 9.78 Å². The summed E-state index contributed by atoms with van der Waals surface area (Å²) in [5.74, 6) is 1.64. The first-order valence-corrected chi connectivity index (χ1v) is 8.27. The summed E-state index contributed by atoms with van der Waals surface area (Å²) >= 11 is 1.63. The topological polar surface area (TPSA) is 61.6 Å². The van der Waals surface area contributed by atoms with Gasteiger partial charge >= 0.3 is 6.03 Å². The largest absolute Gasteiger partial charge is 0.464 e. The number of nitrogens with zero attached hydrogens (tertiary/aromatic N) is 3. The maximum Gasteiger partial charge on any atom is 0.318 e. The van der Waals surface area contributed by atoms with E-state index in [0.29, 0.717) is 13.1 Å². The highest BCUT2D eigenvalue weighted by Gasteiger charge is 2.24. The first kappa shape index (κ1) is 14.9. The molecule has 0 aliphatic carbocycles. The number of thiazole rings is 1. The van der Waals surface area contributed by atoms with Crippen molar-refractivity contribution in [2.24, 2.45) is 0 Å². The van der Waals surface area contributed by atoms with Crippen molar-refractivity contribution in [1.82, 2.24) is 15.2 Å². The minimum absolute atomic E-state index is 0.0414. The molecule has 0 radical (unpaired) electrons. The van der Waals surface area contributed by atoms with E-state index in [2.05, 4.69) is 15.2 Å². The first-order valence-electron chi connectivity index (χ1n) is 7.39. The molecule has 0 aromatic carbocycles. The average Bonchev–Trinajstić information content (AvgIpc) is 3.18. The number of piperazine rings is 1. The van der Waals surface area contributed by atoms with Crippen LogP contribution >= 0.6 is 11.3 Å². The van der Waals surface area contributed by atoms with Crippen LogP contribution in [-0.4, -0.2) is 42.1 Å². The van der Waals surface area contributed by atoms with Gasteiger partial charge in [0.2, 0.25) is 0 Å². The Balaban J connectivity index is 1.51. The predicted octanol–water partition coefficient (Wildman–Crippen LogP) is 2.64. The number of carbonyl (C=O) groups excluding carboxylic acids is 1. The molecule has 2 amide bonds. The zero-order chi connectivity index (χ0) is 15.5. The van der Waals surface area contributed by atoms with Gasteiger partial charge in [0.05, 0.1) is 6.04 Å². The third kappa shape index (κ3) is 3.24. The van der Waals surface area contributed by atoms with Gasteiger partial charge in [0.1, 0.15) is 11.5 Å². The monoisotopic (exact) mass is 320 g/mol. The minimum atomic E-state index is -0.127. The molecule has 118 valence electrons. The van der Waals surface area contributed by atoms with E-state index in [-0.39, 0.29) is 12.1 Å². The molecule has 2 aromatic rings. The number of furan rings is 1. The summed E-state index contributed by atoms with van der Waals surface area (Å²) in [6, 6.07) is 3.64. The van der Waals surface area contributed by atoms with Gasteiger partial charge in [0.15, 0.2) is 5.13 Å². The van der Waals surface area contributed by atoms with Crippen molar-refractivity contribution in [3.63, 3.8) is 0 Å². The lowest BCUT2D eigenvalue weighted by Gasteiger charge is -2.35. The number of rotatable bonds is 3. The molecule has 2 aromatic heterocycles. The average molecular weight is 320 g/mol. The SMILES string of the molecule is Cc1ccc([C@@H](C)NC(=O)N2CCN(c3nccs3)CC2)o1. The number of hydrogen-bond donors (Lipinski definition) is 1. The van der Waals surface area contributed by atoms with Crippen molar-refractivity contribution in [3.8, 4) is 0 Å². The highest BCUT2D eigenvalue weighted by molar-refractivity contribution is 7.13. The molecule has 1 atom stereocenters. The number of aromatic nitrogens is 1. The van der Waals surface area contributed by atoms with Crippen LogP contribution in [0.15, 0.2) is 28.1 Å². The second kappa shape index (κ2) is 6.39. The summed E-state index contributed by atoms with van der Waals surface area (Å²) in [6.45, 7) is 6.87. The zero-order valence-corrected chi connectivity index (χ0v) is 13.6. The first-order chi connectivity index (χ1) is 10.6. The van der Waals surface area contributed by atoms with Gasteiger partial charge < -0.3 is 19.5 Å². The molecule has 22 heavy (non-hydrogen) atoms. The van der Waals surface area contributed by atoms with Crippen LogP contribution in [0.5, 0.6) is 0 Å². The van der Waals surface area contributed by atoms with Crippen LogP contribution in [0.2, 0.25) is 0 Å². The van der Waals surface area contributed by atoms with E-state index in [0.717, 1.165) is 29.7 Å². The Bertz CT molecular complexity index is 617. The van der Waals surface area contributed by atoms with Gasteiger partial charge in [-0.1, -0.05) is 0 Å². The molecule has 0 saturated carbocycles. The molecule has 7 heteroatoms. The number of carbonyl (C=O) groups is 1. The van der Waals surface area contributed by atoms with Gasteiger partial charge in [-0.2, -0.15) is 0 Å². The molecule has 0 spiro atoms. The molecule has 1 N–H and O–H groups in total. The Morgan fingerprint density at radius 1 is 1.36 bits per heavy atom. The molecule has 0 unspecified atom stereocenters. The highest BCUT2D eigenvalue weighted by Crippen LogP contribution is 2.19. The van der Waals surface area contributed by atoms with E-state index in [1.165, 1.54) is 0 Å². The second-order valence-electron chi connectivity index (χ2n) is 5.41. The maximum atomic E-state index is 12.3. The summed E-state index contributed by atoms with van der Waals surface area (Å²) in [5.41, 5.74) is 0. The van der Waals surface area contributed by atoms with Crippen molar-refractivity contribution in [1.29, 1.82) is 0 Å². The van der Waals surface area contributed by atoms with Gasteiger partial charge in [-0.3, -0.25) is 0 Å². The Morgan fingerprint density at radius 3 is 2.73 bits per heavy atom. The van der Waals surface area contributed by atoms with Crippen LogP contribution < -0.4 is 10.2 Å². The summed E-state index contributed by atoms with van der Waals surface area (Å²) in [7, 11) is 0. The van der Waals surface area contributed by atoms with Crippen LogP contribution in [0, 0.1) is 6.92 Å². The van der Waals surface area contributed by atoms with Crippen LogP contribution in [-0.2, 0) is 0 Å². The van der Waals surface area contributed by atoms with E-state index in [4.69, 9.17) is 4.42 Å². The fraction of sp³-hybridized carbons (Fsp3) is 0.467. The molecule has 1 aliphatic rings.